The van der Waals surface area contributed by atoms with E-state index in [1.54, 1.807) is 0 Å². The van der Waals surface area contributed by atoms with Crippen molar-refractivity contribution in [2.75, 3.05) is 24.4 Å². The van der Waals surface area contributed by atoms with Crippen LogP contribution in [0.5, 0.6) is 0 Å². The van der Waals surface area contributed by atoms with Crippen LogP contribution in [-0.4, -0.2) is 33.7 Å². The van der Waals surface area contributed by atoms with Crippen LogP contribution in [0.1, 0.15) is 30.4 Å². The maximum atomic E-state index is 11.9. The molecule has 1 rings (SSSR count). The molecule has 0 bridgehead atoms. The number of carbonyl (C=O) groups is 1. The Hall–Kier alpha value is -1.28. The maximum Gasteiger partial charge on any atom is 0.263 e. The molecule has 0 aliphatic carbocycles. The first-order valence-electron chi connectivity index (χ1n) is 6.20. The molecule has 1 aromatic rings. The predicted octanol–water partition coefficient (Wildman–Crippen LogP) is 1.55. The van der Waals surface area contributed by atoms with E-state index >= 15 is 0 Å². The highest BCUT2D eigenvalue weighted by atomic mass is 32.2. The van der Waals surface area contributed by atoms with Crippen molar-refractivity contribution in [2.24, 2.45) is 5.92 Å². The van der Waals surface area contributed by atoms with Crippen molar-refractivity contribution in [3.05, 3.63) is 4.88 Å². The number of hydrogen-bond acceptors (Lipinski definition) is 6. The molecule has 0 saturated heterocycles. The molecule has 0 saturated carbocycles. The van der Waals surface area contributed by atoms with Crippen molar-refractivity contribution in [3.63, 3.8) is 0 Å². The van der Waals surface area contributed by atoms with Gasteiger partial charge >= 0.3 is 0 Å². The number of hydrogen-bond donors (Lipinski definition) is 3. The Balaban J connectivity index is 3.39. The quantitative estimate of drug-likeness (QED) is 0.764. The molecule has 0 aliphatic heterocycles. The third-order valence-electron chi connectivity index (χ3n) is 3.06. The van der Waals surface area contributed by atoms with E-state index in [0.717, 1.165) is 17.6 Å². The summed E-state index contributed by atoms with van der Waals surface area (Å²) in [5.74, 6) is -0.0724. The first kappa shape index (κ1) is 16.8. The molecule has 1 atom stereocenters. The Bertz CT molecular complexity index is 606. The van der Waals surface area contributed by atoms with Crippen LogP contribution in [0.2, 0.25) is 0 Å². The van der Waals surface area contributed by atoms with E-state index in [0.29, 0.717) is 10.9 Å². The normalized spacial score (nSPS) is 13.3. The summed E-state index contributed by atoms with van der Waals surface area (Å²) in [6.07, 6.45) is 1.09. The van der Waals surface area contributed by atoms with Crippen molar-refractivity contribution in [2.45, 2.75) is 31.7 Å². The number of nitrogen functional groups attached to an aromatic ring is 1. The lowest BCUT2D eigenvalue weighted by Crippen LogP contribution is -2.21. The van der Waals surface area contributed by atoms with E-state index in [4.69, 9.17) is 5.73 Å². The van der Waals surface area contributed by atoms with Gasteiger partial charge in [-0.3, -0.25) is 4.79 Å². The number of nitrogens with one attached hydrogen (secondary N) is 2. The first-order chi connectivity index (χ1) is 9.09. The smallest absolute Gasteiger partial charge is 0.263 e. The number of sulfone groups is 1. The summed E-state index contributed by atoms with van der Waals surface area (Å²) in [5, 5.41) is 6.02. The topological polar surface area (TPSA) is 101 Å². The van der Waals surface area contributed by atoms with Crippen LogP contribution < -0.4 is 16.4 Å². The van der Waals surface area contributed by atoms with Crippen molar-refractivity contribution in [3.8, 4) is 0 Å². The first-order valence-corrected chi connectivity index (χ1v) is 8.91. The average molecular weight is 319 g/mol. The zero-order chi connectivity index (χ0) is 15.7. The minimum Gasteiger partial charge on any atom is -0.396 e. The van der Waals surface area contributed by atoms with Gasteiger partial charge in [-0.15, -0.1) is 11.3 Å². The molecule has 0 radical (unpaired) electrons. The minimum absolute atomic E-state index is 0.00796. The highest BCUT2D eigenvalue weighted by Gasteiger charge is 2.27. The summed E-state index contributed by atoms with van der Waals surface area (Å²) in [5.41, 5.74) is 5.86. The Labute approximate surface area is 123 Å². The van der Waals surface area contributed by atoms with E-state index < -0.39 is 9.84 Å². The lowest BCUT2D eigenvalue weighted by Gasteiger charge is -2.18. The van der Waals surface area contributed by atoms with E-state index in [9.17, 15) is 13.2 Å². The third kappa shape index (κ3) is 3.43. The van der Waals surface area contributed by atoms with Gasteiger partial charge in [0.1, 0.15) is 14.8 Å². The van der Waals surface area contributed by atoms with Gasteiger partial charge in [0.2, 0.25) is 0 Å². The number of thiophene rings is 1. The summed E-state index contributed by atoms with van der Waals surface area (Å²) in [6.45, 7) is 6.00. The van der Waals surface area contributed by atoms with Crippen molar-refractivity contribution in [1.29, 1.82) is 0 Å². The molecular weight excluding hydrogens is 298 g/mol. The van der Waals surface area contributed by atoms with E-state index in [1.165, 1.54) is 7.05 Å². The monoisotopic (exact) mass is 319 g/mol. The van der Waals surface area contributed by atoms with Gasteiger partial charge in [0.25, 0.3) is 5.91 Å². The summed E-state index contributed by atoms with van der Waals surface area (Å²) in [4.78, 5) is 12.0. The number of rotatable bonds is 5. The molecule has 1 aromatic heterocycles. The highest BCUT2D eigenvalue weighted by molar-refractivity contribution is 7.91. The standard InChI is InChI=1S/C12H21N3O3S2/c1-6(2)7(3)15-12-10(20(5,17)18)8(13)9(19-12)11(16)14-4/h6-7,15H,13H2,1-5H3,(H,14,16). The molecule has 4 N–H and O–H groups in total. The zero-order valence-corrected chi connectivity index (χ0v) is 13.9. The Morgan fingerprint density at radius 1 is 1.30 bits per heavy atom. The Morgan fingerprint density at radius 3 is 2.25 bits per heavy atom. The van der Waals surface area contributed by atoms with Crippen LogP contribution >= 0.6 is 11.3 Å². The summed E-state index contributed by atoms with van der Waals surface area (Å²) in [6, 6.07) is 0.0612. The molecule has 0 fully saturated rings. The van der Waals surface area contributed by atoms with Crippen LogP contribution in [0.25, 0.3) is 0 Å². The molecule has 1 unspecified atom stereocenters. The summed E-state index contributed by atoms with van der Waals surface area (Å²) < 4.78 is 23.8. The summed E-state index contributed by atoms with van der Waals surface area (Å²) >= 11 is 1.06. The molecule has 0 aliphatic rings. The second-order valence-corrected chi connectivity index (χ2v) is 8.00. The molecule has 8 heteroatoms. The van der Waals surface area contributed by atoms with Gasteiger partial charge in [0.15, 0.2) is 9.84 Å². The van der Waals surface area contributed by atoms with Gasteiger partial charge in [-0.1, -0.05) is 13.8 Å². The molecule has 114 valence electrons. The van der Waals surface area contributed by atoms with Crippen molar-refractivity contribution >= 4 is 37.8 Å². The Morgan fingerprint density at radius 2 is 1.85 bits per heavy atom. The van der Waals surface area contributed by atoms with Crippen LogP contribution in [-0.2, 0) is 9.84 Å². The fraction of sp³-hybridized carbons (Fsp3) is 0.583. The van der Waals surface area contributed by atoms with Crippen LogP contribution in [0.4, 0.5) is 10.7 Å². The molecular formula is C12H21N3O3S2. The fourth-order valence-electron chi connectivity index (χ4n) is 1.55. The van der Waals surface area contributed by atoms with Gasteiger partial charge < -0.3 is 16.4 Å². The van der Waals surface area contributed by atoms with Crippen molar-refractivity contribution in [1.82, 2.24) is 5.32 Å². The second-order valence-electron chi connectivity index (χ2n) is 5.03. The summed E-state index contributed by atoms with van der Waals surface area (Å²) in [7, 11) is -2.04. The van der Waals surface area contributed by atoms with Gasteiger partial charge in [0.05, 0.1) is 5.69 Å². The van der Waals surface area contributed by atoms with Crippen LogP contribution in [0.3, 0.4) is 0 Å². The average Bonchev–Trinajstić information content (AvgIpc) is 2.64. The number of carbonyl (C=O) groups excluding carboxylic acids is 1. The molecule has 1 amide bonds. The maximum absolute atomic E-state index is 11.9. The molecule has 0 aromatic carbocycles. The Kier molecular flexibility index (Phi) is 5.04. The van der Waals surface area contributed by atoms with Gasteiger partial charge in [0, 0.05) is 19.3 Å². The van der Waals surface area contributed by atoms with Crippen LogP contribution in [0.15, 0.2) is 4.90 Å². The number of anilines is 2. The fourth-order valence-corrected chi connectivity index (χ4v) is 4.15. The van der Waals surface area contributed by atoms with Gasteiger partial charge in [-0.2, -0.15) is 0 Å². The van der Waals surface area contributed by atoms with Gasteiger partial charge in [-0.25, -0.2) is 8.42 Å². The molecule has 1 heterocycles. The largest absolute Gasteiger partial charge is 0.396 e. The van der Waals surface area contributed by atoms with E-state index in [1.807, 2.05) is 20.8 Å². The zero-order valence-electron chi connectivity index (χ0n) is 12.3. The lowest BCUT2D eigenvalue weighted by atomic mass is 10.1. The highest BCUT2D eigenvalue weighted by Crippen LogP contribution is 2.39. The van der Waals surface area contributed by atoms with Crippen molar-refractivity contribution < 1.29 is 13.2 Å². The molecule has 0 spiro atoms. The number of nitrogens with two attached hydrogens (primary N) is 1. The van der Waals surface area contributed by atoms with Gasteiger partial charge in [-0.05, 0) is 12.8 Å². The van der Waals surface area contributed by atoms with E-state index in [-0.39, 0.29) is 27.4 Å². The number of amides is 1. The molecule has 20 heavy (non-hydrogen) atoms. The third-order valence-corrected chi connectivity index (χ3v) is 5.49. The van der Waals surface area contributed by atoms with E-state index in [2.05, 4.69) is 10.6 Å². The SMILES string of the molecule is CNC(=O)c1sc(NC(C)C(C)C)c(S(C)(=O)=O)c1N. The lowest BCUT2D eigenvalue weighted by molar-refractivity contribution is 0.0968. The minimum atomic E-state index is -3.51. The second kappa shape index (κ2) is 6.01. The predicted molar refractivity (Wildman–Crippen MR) is 83.2 cm³/mol. The van der Waals surface area contributed by atoms with Crippen LogP contribution in [0, 0.1) is 5.92 Å². The molecule has 6 nitrogen and oxygen atoms in total.